The van der Waals surface area contributed by atoms with Gasteiger partial charge in [0.05, 0.1) is 28.5 Å². The largest absolute Gasteiger partial charge is 0.371 e. The lowest BCUT2D eigenvalue weighted by Crippen LogP contribution is -2.56. The molecule has 3 heterocycles. The number of halogens is 1. The molecule has 1 N–H and O–H groups in total. The highest BCUT2D eigenvalue weighted by Gasteiger charge is 2.43. The van der Waals surface area contributed by atoms with E-state index in [0.717, 1.165) is 19.4 Å². The number of amides is 2. The second-order valence-corrected chi connectivity index (χ2v) is 10.4. The first kappa shape index (κ1) is 20.0. The summed E-state index contributed by atoms with van der Waals surface area (Å²) in [6, 6.07) is 1.85. The first-order valence-electron chi connectivity index (χ1n) is 9.07. The van der Waals surface area contributed by atoms with Gasteiger partial charge in [-0.2, -0.15) is 4.36 Å². The van der Waals surface area contributed by atoms with Gasteiger partial charge in [0.15, 0.2) is 5.67 Å². The molecule has 0 aromatic carbocycles. The summed E-state index contributed by atoms with van der Waals surface area (Å²) in [5.74, 6) is -0.728. The molecule has 0 radical (unpaired) electrons. The predicted molar refractivity (Wildman–Crippen MR) is 99.8 cm³/mol. The molecule has 2 amide bonds. The Morgan fingerprint density at radius 2 is 2.04 bits per heavy atom. The molecule has 1 aromatic heterocycles. The van der Waals surface area contributed by atoms with Gasteiger partial charge in [-0.15, -0.1) is 0 Å². The Labute approximate surface area is 158 Å². The van der Waals surface area contributed by atoms with E-state index in [-0.39, 0.29) is 17.4 Å². The number of nitrogens with zero attached hydrogens (tertiary/aromatic N) is 2. The Bertz CT molecular complexity index is 850. The lowest BCUT2D eigenvalue weighted by molar-refractivity contribution is -0.127. The molecule has 2 fully saturated rings. The molecule has 0 bridgehead atoms. The summed E-state index contributed by atoms with van der Waals surface area (Å²) in [5, 5.41) is 0. The first-order valence-corrected chi connectivity index (χ1v) is 10.9. The van der Waals surface area contributed by atoms with Gasteiger partial charge in [-0.1, -0.05) is 0 Å². The molecule has 0 atom stereocenters. The smallest absolute Gasteiger partial charge is 0.290 e. The van der Waals surface area contributed by atoms with Crippen LogP contribution in [0.25, 0.3) is 0 Å². The number of carbonyl (C=O) groups is 2. The van der Waals surface area contributed by atoms with Gasteiger partial charge in [-0.3, -0.25) is 9.59 Å². The Balaban J connectivity index is 1.71. The van der Waals surface area contributed by atoms with Crippen LogP contribution in [-0.4, -0.2) is 68.4 Å². The fourth-order valence-electron chi connectivity index (χ4n) is 3.43. The van der Waals surface area contributed by atoms with Crippen molar-refractivity contribution >= 4 is 21.5 Å². The number of carbonyl (C=O) groups excluding carboxylic acids is 2. The highest BCUT2D eigenvalue weighted by atomic mass is 32.2. The monoisotopic (exact) mass is 399 g/mol. The summed E-state index contributed by atoms with van der Waals surface area (Å²) in [4.78, 5) is 29.3. The van der Waals surface area contributed by atoms with Gasteiger partial charge in [0.1, 0.15) is 5.69 Å². The third-order valence-electron chi connectivity index (χ3n) is 5.22. The number of morpholine rings is 1. The minimum Gasteiger partial charge on any atom is -0.371 e. The molecule has 1 aromatic rings. The molecule has 2 saturated heterocycles. The SMILES string of the molecule is Cc1cc[nH]c1C(=O)N1CCOC2(CCS(=O)(=NC(=O)C(C)(C)F)CC2)C1. The van der Waals surface area contributed by atoms with Crippen LogP contribution in [-0.2, 0) is 19.3 Å². The van der Waals surface area contributed by atoms with Crippen LogP contribution in [0.1, 0.15) is 42.7 Å². The maximum Gasteiger partial charge on any atom is 0.290 e. The van der Waals surface area contributed by atoms with Crippen LogP contribution in [0.15, 0.2) is 16.6 Å². The zero-order valence-electron chi connectivity index (χ0n) is 15.9. The van der Waals surface area contributed by atoms with E-state index in [0.29, 0.717) is 38.2 Å². The van der Waals surface area contributed by atoms with Crippen LogP contribution in [0, 0.1) is 6.92 Å². The Morgan fingerprint density at radius 3 is 2.59 bits per heavy atom. The quantitative estimate of drug-likeness (QED) is 0.824. The van der Waals surface area contributed by atoms with E-state index >= 15 is 0 Å². The summed E-state index contributed by atoms with van der Waals surface area (Å²) < 4.78 is 36.2. The number of nitrogens with one attached hydrogen (secondary N) is 1. The van der Waals surface area contributed by atoms with Crippen molar-refractivity contribution in [3.8, 4) is 0 Å². The average molecular weight is 399 g/mol. The van der Waals surface area contributed by atoms with E-state index in [1.54, 1.807) is 11.1 Å². The number of H-pyrrole nitrogens is 1. The van der Waals surface area contributed by atoms with Crippen LogP contribution in [0.4, 0.5) is 4.39 Å². The molecule has 150 valence electrons. The number of aromatic amines is 1. The molecule has 9 heteroatoms. The molecule has 27 heavy (non-hydrogen) atoms. The van der Waals surface area contributed by atoms with E-state index in [1.807, 2.05) is 13.0 Å². The van der Waals surface area contributed by atoms with Crippen molar-refractivity contribution < 1.29 is 22.9 Å². The Morgan fingerprint density at radius 1 is 1.37 bits per heavy atom. The van der Waals surface area contributed by atoms with E-state index in [2.05, 4.69) is 9.35 Å². The van der Waals surface area contributed by atoms with Crippen molar-refractivity contribution in [1.82, 2.24) is 9.88 Å². The number of hydrogen-bond donors (Lipinski definition) is 1. The van der Waals surface area contributed by atoms with Crippen molar-refractivity contribution in [3.05, 3.63) is 23.5 Å². The zero-order valence-corrected chi connectivity index (χ0v) is 16.7. The Hall–Kier alpha value is -1.74. The summed E-state index contributed by atoms with van der Waals surface area (Å²) >= 11 is 0. The van der Waals surface area contributed by atoms with Crippen LogP contribution < -0.4 is 0 Å². The van der Waals surface area contributed by atoms with Crippen LogP contribution in [0.3, 0.4) is 0 Å². The van der Waals surface area contributed by atoms with Gasteiger partial charge in [0, 0.05) is 24.2 Å². The minimum atomic E-state index is -2.79. The summed E-state index contributed by atoms with van der Waals surface area (Å²) in [6.07, 6.45) is 2.57. The maximum absolute atomic E-state index is 13.7. The summed E-state index contributed by atoms with van der Waals surface area (Å²) in [6.45, 7) is 5.40. The minimum absolute atomic E-state index is 0.0782. The molecule has 0 unspecified atom stereocenters. The normalized spacial score (nSPS) is 29.0. The number of ether oxygens (including phenoxy) is 1. The fourth-order valence-corrected chi connectivity index (χ4v) is 5.71. The van der Waals surface area contributed by atoms with Crippen molar-refractivity contribution in [1.29, 1.82) is 0 Å². The number of aryl methyl sites for hydroxylation is 1. The van der Waals surface area contributed by atoms with Crippen LogP contribution >= 0.6 is 0 Å². The fraction of sp³-hybridized carbons (Fsp3) is 0.667. The standard InChI is InChI=1S/C18H26FN3O4S/c1-13-4-7-20-14(13)15(23)22-8-9-26-18(12-22)5-10-27(25,11-6-18)21-16(24)17(2,3)19/h4,7,20H,5-6,8-12H2,1-3H3. The van der Waals surface area contributed by atoms with Gasteiger partial charge >= 0.3 is 0 Å². The van der Waals surface area contributed by atoms with Crippen molar-refractivity contribution in [3.63, 3.8) is 0 Å². The predicted octanol–water partition coefficient (Wildman–Crippen LogP) is 2.07. The third-order valence-corrected chi connectivity index (χ3v) is 7.40. The van der Waals surface area contributed by atoms with E-state index in [4.69, 9.17) is 4.74 Å². The van der Waals surface area contributed by atoms with Gasteiger partial charge in [0.25, 0.3) is 11.8 Å². The summed E-state index contributed by atoms with van der Waals surface area (Å²) in [5.41, 5.74) is -1.26. The van der Waals surface area contributed by atoms with Crippen LogP contribution in [0.2, 0.25) is 0 Å². The highest BCUT2D eigenvalue weighted by molar-refractivity contribution is 7.93. The van der Waals surface area contributed by atoms with Gasteiger partial charge in [-0.05, 0) is 45.2 Å². The molecule has 2 aliphatic heterocycles. The molecule has 0 aliphatic carbocycles. The van der Waals surface area contributed by atoms with Gasteiger partial charge in [0.2, 0.25) is 0 Å². The van der Waals surface area contributed by atoms with Gasteiger partial charge in [-0.25, -0.2) is 8.60 Å². The van der Waals surface area contributed by atoms with E-state index in [1.165, 1.54) is 0 Å². The summed E-state index contributed by atoms with van der Waals surface area (Å²) in [7, 11) is -2.79. The molecule has 0 saturated carbocycles. The third kappa shape index (κ3) is 4.24. The molecule has 3 rings (SSSR count). The number of aromatic nitrogens is 1. The second kappa shape index (κ2) is 7.01. The van der Waals surface area contributed by atoms with Crippen molar-refractivity contribution in [2.75, 3.05) is 31.2 Å². The van der Waals surface area contributed by atoms with Gasteiger partial charge < -0.3 is 14.6 Å². The first-order chi connectivity index (χ1) is 12.5. The molecular formula is C18H26FN3O4S. The van der Waals surface area contributed by atoms with E-state index < -0.39 is 26.9 Å². The number of alkyl halides is 1. The van der Waals surface area contributed by atoms with E-state index in [9.17, 15) is 18.2 Å². The number of rotatable bonds is 2. The average Bonchev–Trinajstić information content (AvgIpc) is 3.03. The lowest BCUT2D eigenvalue weighted by Gasteiger charge is -2.45. The molecule has 2 aliphatic rings. The lowest BCUT2D eigenvalue weighted by atomic mass is 9.94. The van der Waals surface area contributed by atoms with Crippen LogP contribution in [0.5, 0.6) is 0 Å². The topological polar surface area (TPSA) is 91.8 Å². The van der Waals surface area contributed by atoms with Crippen molar-refractivity contribution in [2.24, 2.45) is 4.36 Å². The zero-order chi connectivity index (χ0) is 19.9. The highest BCUT2D eigenvalue weighted by Crippen LogP contribution is 2.33. The number of hydrogen-bond acceptors (Lipinski definition) is 4. The Kier molecular flexibility index (Phi) is 5.20. The molecule has 1 spiro atoms. The maximum atomic E-state index is 13.7. The molecular weight excluding hydrogens is 373 g/mol. The molecule has 7 nitrogen and oxygen atoms in total. The van der Waals surface area contributed by atoms with Crippen molar-refractivity contribution in [2.45, 2.75) is 44.9 Å². The second-order valence-electron chi connectivity index (χ2n) is 7.84.